The molecule has 6 heteroatoms. The van der Waals surface area contributed by atoms with Crippen LogP contribution in [0.3, 0.4) is 0 Å². The highest BCUT2D eigenvalue weighted by molar-refractivity contribution is 7.12. The predicted octanol–water partition coefficient (Wildman–Crippen LogP) is 2.18. The minimum atomic E-state index is 0.0497. The summed E-state index contributed by atoms with van der Waals surface area (Å²) in [5, 5.41) is 5.93. The maximum atomic E-state index is 12.1. The molecule has 0 amide bonds. The number of ketones is 1. The van der Waals surface area contributed by atoms with Gasteiger partial charge in [-0.15, -0.1) is 11.3 Å². The number of rotatable bonds is 6. The quantitative estimate of drug-likeness (QED) is 0.751. The fraction of sp³-hybridized carbons (Fsp3) is 0.417. The Morgan fingerprint density at radius 1 is 1.56 bits per heavy atom. The first-order valence-corrected chi connectivity index (χ1v) is 6.65. The molecule has 0 unspecified atom stereocenters. The Kier molecular flexibility index (Phi) is 4.09. The lowest BCUT2D eigenvalue weighted by Crippen LogP contribution is -2.10. The molecule has 2 heterocycles. The van der Waals surface area contributed by atoms with Crippen LogP contribution in [0, 0.1) is 0 Å². The highest BCUT2D eigenvalue weighted by Crippen LogP contribution is 2.22. The van der Waals surface area contributed by atoms with E-state index in [4.69, 9.17) is 4.74 Å². The highest BCUT2D eigenvalue weighted by Gasteiger charge is 2.14. The van der Waals surface area contributed by atoms with E-state index in [2.05, 4.69) is 17.0 Å². The number of aryl methyl sites for hydroxylation is 1. The third kappa shape index (κ3) is 2.76. The minimum absolute atomic E-state index is 0.0497. The molecule has 0 saturated heterocycles. The second-order valence-corrected chi connectivity index (χ2v) is 4.76. The second-order valence-electron chi connectivity index (χ2n) is 3.85. The molecule has 0 saturated carbocycles. The van der Waals surface area contributed by atoms with Crippen molar-refractivity contribution in [2.24, 2.45) is 0 Å². The van der Waals surface area contributed by atoms with Crippen LogP contribution < -0.4 is 4.74 Å². The van der Waals surface area contributed by atoms with E-state index in [1.165, 1.54) is 17.7 Å². The van der Waals surface area contributed by atoms with E-state index in [0.29, 0.717) is 10.7 Å². The van der Waals surface area contributed by atoms with E-state index in [1.54, 1.807) is 17.9 Å². The fourth-order valence-corrected chi connectivity index (χ4v) is 2.42. The Balaban J connectivity index is 2.08. The molecule has 0 aliphatic rings. The summed E-state index contributed by atoms with van der Waals surface area (Å²) in [4.78, 5) is 16.9. The number of Topliss-reactive ketones (excluding diaryl/α,β-unsaturated/α-hetero) is 1. The third-order valence-corrected chi connectivity index (χ3v) is 3.49. The molecule has 0 aliphatic heterocycles. The number of methoxy groups -OCH3 is 1. The standard InChI is InChI=1S/C12H15N3O2S/c1-3-4-15-12(13-8-14-15)6-10(16)11-5-9(17-2)7-18-11/h5,7-8H,3-4,6H2,1-2H3. The molecule has 0 aliphatic carbocycles. The summed E-state index contributed by atoms with van der Waals surface area (Å²) in [6, 6.07) is 1.76. The van der Waals surface area contributed by atoms with Crippen molar-refractivity contribution < 1.29 is 9.53 Å². The van der Waals surface area contributed by atoms with Gasteiger partial charge in [0, 0.05) is 18.0 Å². The van der Waals surface area contributed by atoms with Crippen molar-refractivity contribution in [1.82, 2.24) is 14.8 Å². The van der Waals surface area contributed by atoms with Gasteiger partial charge in [-0.1, -0.05) is 6.92 Å². The molecule has 0 radical (unpaired) electrons. The summed E-state index contributed by atoms with van der Waals surface area (Å²) < 4.78 is 6.85. The Morgan fingerprint density at radius 3 is 3.06 bits per heavy atom. The van der Waals surface area contributed by atoms with Gasteiger partial charge in [0.25, 0.3) is 0 Å². The van der Waals surface area contributed by atoms with Gasteiger partial charge in [-0.3, -0.25) is 4.79 Å². The van der Waals surface area contributed by atoms with Crippen LogP contribution in [-0.2, 0) is 13.0 Å². The van der Waals surface area contributed by atoms with Crippen LogP contribution in [0.25, 0.3) is 0 Å². The van der Waals surface area contributed by atoms with Gasteiger partial charge in [0.05, 0.1) is 18.4 Å². The molecule has 5 nitrogen and oxygen atoms in total. The molecule has 2 aromatic heterocycles. The first kappa shape index (κ1) is 12.8. The first-order chi connectivity index (χ1) is 8.74. The van der Waals surface area contributed by atoms with Gasteiger partial charge in [-0.2, -0.15) is 5.10 Å². The summed E-state index contributed by atoms with van der Waals surface area (Å²) in [6.45, 7) is 2.85. The normalized spacial score (nSPS) is 10.6. The predicted molar refractivity (Wildman–Crippen MR) is 69.2 cm³/mol. The lowest BCUT2D eigenvalue weighted by molar-refractivity contribution is 0.0993. The molecular formula is C12H15N3O2S. The van der Waals surface area contributed by atoms with Crippen LogP contribution in [-0.4, -0.2) is 27.7 Å². The summed E-state index contributed by atoms with van der Waals surface area (Å²) >= 11 is 1.39. The van der Waals surface area contributed by atoms with E-state index < -0.39 is 0 Å². The third-order valence-electron chi connectivity index (χ3n) is 2.54. The van der Waals surface area contributed by atoms with E-state index in [-0.39, 0.29) is 12.2 Å². The molecule has 18 heavy (non-hydrogen) atoms. The molecule has 0 atom stereocenters. The maximum absolute atomic E-state index is 12.1. The Labute approximate surface area is 109 Å². The van der Waals surface area contributed by atoms with Crippen molar-refractivity contribution in [3.05, 3.63) is 28.5 Å². The second kappa shape index (κ2) is 5.77. The van der Waals surface area contributed by atoms with Gasteiger partial charge in [0.1, 0.15) is 17.9 Å². The summed E-state index contributed by atoms with van der Waals surface area (Å²) in [7, 11) is 1.59. The van der Waals surface area contributed by atoms with Gasteiger partial charge >= 0.3 is 0 Å². The molecular weight excluding hydrogens is 250 g/mol. The van der Waals surface area contributed by atoms with E-state index in [0.717, 1.165) is 18.7 Å². The zero-order valence-electron chi connectivity index (χ0n) is 10.4. The molecule has 0 aromatic carbocycles. The molecule has 96 valence electrons. The minimum Gasteiger partial charge on any atom is -0.496 e. The van der Waals surface area contributed by atoms with Gasteiger partial charge in [0.15, 0.2) is 5.78 Å². The lowest BCUT2D eigenvalue weighted by atomic mass is 10.2. The number of carbonyl (C=O) groups excluding carboxylic acids is 1. The van der Waals surface area contributed by atoms with Crippen molar-refractivity contribution in [1.29, 1.82) is 0 Å². The SMILES string of the molecule is CCCn1ncnc1CC(=O)c1cc(OC)cs1. The number of carbonyl (C=O) groups is 1. The fourth-order valence-electron chi connectivity index (χ4n) is 1.63. The Hall–Kier alpha value is -1.69. The first-order valence-electron chi connectivity index (χ1n) is 5.77. The van der Waals surface area contributed by atoms with Crippen LogP contribution in [0.5, 0.6) is 5.75 Å². The average Bonchev–Trinajstić information content (AvgIpc) is 2.99. The number of hydrogen-bond donors (Lipinski definition) is 0. The summed E-state index contributed by atoms with van der Waals surface area (Å²) in [6.07, 6.45) is 2.74. The van der Waals surface area contributed by atoms with Crippen molar-refractivity contribution in [3.8, 4) is 5.75 Å². The van der Waals surface area contributed by atoms with E-state index in [1.807, 2.05) is 5.38 Å². The molecule has 0 N–H and O–H groups in total. The average molecular weight is 265 g/mol. The van der Waals surface area contributed by atoms with Gasteiger partial charge in [-0.05, 0) is 6.42 Å². The van der Waals surface area contributed by atoms with Gasteiger partial charge in [0.2, 0.25) is 0 Å². The lowest BCUT2D eigenvalue weighted by Gasteiger charge is -2.02. The van der Waals surface area contributed by atoms with Crippen molar-refractivity contribution >= 4 is 17.1 Å². The summed E-state index contributed by atoms with van der Waals surface area (Å²) in [5.74, 6) is 1.49. The monoisotopic (exact) mass is 265 g/mol. The van der Waals surface area contributed by atoms with E-state index in [9.17, 15) is 4.79 Å². The van der Waals surface area contributed by atoms with Crippen LogP contribution in [0.1, 0.15) is 28.8 Å². The largest absolute Gasteiger partial charge is 0.496 e. The van der Waals surface area contributed by atoms with Crippen LogP contribution in [0.4, 0.5) is 0 Å². The smallest absolute Gasteiger partial charge is 0.180 e. The van der Waals surface area contributed by atoms with Crippen molar-refractivity contribution in [3.63, 3.8) is 0 Å². The van der Waals surface area contributed by atoms with Gasteiger partial charge in [-0.25, -0.2) is 9.67 Å². The van der Waals surface area contributed by atoms with Crippen LogP contribution >= 0.6 is 11.3 Å². The molecule has 0 fully saturated rings. The Morgan fingerprint density at radius 2 is 2.39 bits per heavy atom. The maximum Gasteiger partial charge on any atom is 0.180 e. The zero-order chi connectivity index (χ0) is 13.0. The molecule has 2 aromatic rings. The van der Waals surface area contributed by atoms with Crippen molar-refractivity contribution in [2.75, 3.05) is 7.11 Å². The number of ether oxygens (including phenoxy) is 1. The summed E-state index contributed by atoms with van der Waals surface area (Å²) in [5.41, 5.74) is 0. The molecule has 2 rings (SSSR count). The van der Waals surface area contributed by atoms with E-state index >= 15 is 0 Å². The van der Waals surface area contributed by atoms with Crippen LogP contribution in [0.15, 0.2) is 17.8 Å². The highest BCUT2D eigenvalue weighted by atomic mass is 32.1. The Bertz CT molecular complexity index is 533. The topological polar surface area (TPSA) is 57.0 Å². The van der Waals surface area contributed by atoms with Crippen molar-refractivity contribution in [2.45, 2.75) is 26.3 Å². The van der Waals surface area contributed by atoms with Gasteiger partial charge < -0.3 is 4.74 Å². The molecule has 0 bridgehead atoms. The number of thiophene rings is 1. The number of hydrogen-bond acceptors (Lipinski definition) is 5. The van der Waals surface area contributed by atoms with Crippen LogP contribution in [0.2, 0.25) is 0 Å². The zero-order valence-corrected chi connectivity index (χ0v) is 11.2. The number of aromatic nitrogens is 3. The number of nitrogens with zero attached hydrogens (tertiary/aromatic N) is 3. The molecule has 0 spiro atoms.